The molecule has 2 atom stereocenters. The molecule has 3 aromatic carbocycles. The van der Waals surface area contributed by atoms with Crippen LogP contribution in [0.5, 0.6) is 0 Å². The Balaban J connectivity index is 1.75. The van der Waals surface area contributed by atoms with Crippen LogP contribution in [-0.4, -0.2) is 30.5 Å². The van der Waals surface area contributed by atoms with Gasteiger partial charge in [-0.25, -0.2) is 0 Å². The van der Waals surface area contributed by atoms with E-state index in [1.54, 1.807) is 17.0 Å². The smallest absolute Gasteiger partial charge is 0.382 e. The molecule has 31 heavy (non-hydrogen) atoms. The number of β-amino-alcohol motifs (C(OH)–C–C–N with tert-alkyl or cyclic N) is 1. The van der Waals surface area contributed by atoms with E-state index < -0.39 is 18.8 Å². The number of halogens is 4. The van der Waals surface area contributed by atoms with Gasteiger partial charge < -0.3 is 14.9 Å². The maximum Gasteiger partial charge on any atom is 0.416 e. The highest BCUT2D eigenvalue weighted by molar-refractivity contribution is 6.30. The molecule has 1 heterocycles. The minimum atomic E-state index is -4.69. The Bertz CT molecular complexity index is 1030. The molecule has 1 N–H and O–H groups in total. The molecule has 0 unspecified atom stereocenters. The lowest BCUT2D eigenvalue weighted by molar-refractivity contribution is -0.200. The molecule has 0 bridgehead atoms. The molecule has 162 valence electrons. The van der Waals surface area contributed by atoms with Gasteiger partial charge in [0.1, 0.15) is 0 Å². The highest BCUT2D eigenvalue weighted by Crippen LogP contribution is 2.42. The second-order valence-electron chi connectivity index (χ2n) is 7.64. The molecule has 0 fully saturated rings. The van der Waals surface area contributed by atoms with E-state index >= 15 is 0 Å². The maximum absolute atomic E-state index is 13.2. The van der Waals surface area contributed by atoms with Gasteiger partial charge in [0.05, 0.1) is 24.0 Å². The van der Waals surface area contributed by atoms with Crippen molar-refractivity contribution in [1.82, 2.24) is 0 Å². The Labute approximate surface area is 184 Å². The molecule has 0 radical (unpaired) electrons. The fourth-order valence-corrected chi connectivity index (χ4v) is 4.24. The lowest BCUT2D eigenvalue weighted by atomic mass is 9.98. The van der Waals surface area contributed by atoms with Crippen molar-refractivity contribution < 1.29 is 18.3 Å². The first kappa shape index (κ1) is 21.5. The van der Waals surface area contributed by atoms with Gasteiger partial charge in [-0.3, -0.25) is 0 Å². The van der Waals surface area contributed by atoms with Crippen LogP contribution in [0.1, 0.15) is 17.2 Å². The van der Waals surface area contributed by atoms with Crippen LogP contribution < -0.4 is 9.80 Å². The van der Waals surface area contributed by atoms with E-state index in [2.05, 4.69) is 4.90 Å². The number of fused-ring (bicyclic) bond motifs is 1. The summed E-state index contributed by atoms with van der Waals surface area (Å²) in [5.41, 5.74) is 3.39. The molecular weight excluding hydrogens is 425 g/mol. The number of benzene rings is 3. The second kappa shape index (κ2) is 8.81. The van der Waals surface area contributed by atoms with Crippen LogP contribution >= 0.6 is 11.6 Å². The third-order valence-corrected chi connectivity index (χ3v) is 5.73. The standard InChI is InChI=1S/C24H22ClF3N2O/c25-19-10-6-7-17(13-19)14-29-15-22(18-8-2-1-3-9-18)30(16-23(31)24(26,27)28)21-12-5-4-11-20(21)29/h1-13,22-23,31H,14-16H2/t22-,23+/m0/s1. The van der Waals surface area contributed by atoms with Crippen LogP contribution in [0.3, 0.4) is 0 Å². The van der Waals surface area contributed by atoms with Crippen LogP contribution in [0.25, 0.3) is 0 Å². The molecule has 4 rings (SSSR count). The fourth-order valence-electron chi connectivity index (χ4n) is 4.03. The zero-order chi connectivity index (χ0) is 22.0. The number of para-hydroxylation sites is 2. The average molecular weight is 447 g/mol. The minimum Gasteiger partial charge on any atom is -0.382 e. The van der Waals surface area contributed by atoms with Crippen LogP contribution in [0.2, 0.25) is 5.02 Å². The number of hydrogen-bond donors (Lipinski definition) is 1. The van der Waals surface area contributed by atoms with Crippen LogP contribution in [0, 0.1) is 0 Å². The van der Waals surface area contributed by atoms with Crippen molar-refractivity contribution in [3.63, 3.8) is 0 Å². The van der Waals surface area contributed by atoms with Gasteiger partial charge >= 0.3 is 6.18 Å². The van der Waals surface area contributed by atoms with Crippen molar-refractivity contribution in [1.29, 1.82) is 0 Å². The monoisotopic (exact) mass is 446 g/mol. The maximum atomic E-state index is 13.2. The predicted octanol–water partition coefficient (Wildman–Crippen LogP) is 5.83. The molecule has 3 aromatic rings. The zero-order valence-electron chi connectivity index (χ0n) is 16.6. The van der Waals surface area contributed by atoms with E-state index in [9.17, 15) is 18.3 Å². The first-order valence-electron chi connectivity index (χ1n) is 9.98. The Morgan fingerprint density at radius 3 is 2.29 bits per heavy atom. The van der Waals surface area contributed by atoms with Gasteiger partial charge in [0.2, 0.25) is 0 Å². The van der Waals surface area contributed by atoms with Gasteiger partial charge in [0.25, 0.3) is 0 Å². The molecule has 0 saturated carbocycles. The van der Waals surface area contributed by atoms with Crippen molar-refractivity contribution >= 4 is 23.0 Å². The predicted molar refractivity (Wildman–Crippen MR) is 118 cm³/mol. The number of nitrogens with zero attached hydrogens (tertiary/aromatic N) is 2. The molecule has 0 saturated heterocycles. The molecule has 1 aliphatic heterocycles. The summed E-state index contributed by atoms with van der Waals surface area (Å²) < 4.78 is 39.6. The van der Waals surface area contributed by atoms with E-state index in [0.717, 1.165) is 16.8 Å². The van der Waals surface area contributed by atoms with Gasteiger partial charge in [0, 0.05) is 18.1 Å². The van der Waals surface area contributed by atoms with Crippen molar-refractivity contribution in [2.24, 2.45) is 0 Å². The molecule has 7 heteroatoms. The summed E-state index contributed by atoms with van der Waals surface area (Å²) in [6.45, 7) is 0.500. The zero-order valence-corrected chi connectivity index (χ0v) is 17.4. The number of hydrogen-bond acceptors (Lipinski definition) is 3. The molecule has 1 aliphatic rings. The third kappa shape index (κ3) is 4.81. The average Bonchev–Trinajstić information content (AvgIpc) is 2.75. The van der Waals surface area contributed by atoms with Crippen molar-refractivity contribution in [3.8, 4) is 0 Å². The van der Waals surface area contributed by atoms with Crippen molar-refractivity contribution in [2.45, 2.75) is 24.9 Å². The van der Waals surface area contributed by atoms with Gasteiger partial charge in [-0.05, 0) is 35.4 Å². The Kier molecular flexibility index (Phi) is 6.12. The van der Waals surface area contributed by atoms with E-state index in [0.29, 0.717) is 23.8 Å². The van der Waals surface area contributed by atoms with Crippen molar-refractivity contribution in [3.05, 3.63) is 95.0 Å². The van der Waals surface area contributed by atoms with Gasteiger partial charge in [0.15, 0.2) is 6.10 Å². The molecule has 3 nitrogen and oxygen atoms in total. The second-order valence-corrected chi connectivity index (χ2v) is 8.07. The lowest BCUT2D eigenvalue weighted by Crippen LogP contribution is -2.49. The minimum absolute atomic E-state index is 0.354. The molecule has 0 spiro atoms. The number of aliphatic hydroxyl groups is 1. The SMILES string of the molecule is O[C@H](CN1c2ccccc2N(Cc2cccc(Cl)c2)C[C@H]1c1ccccc1)C(F)(F)F. The third-order valence-electron chi connectivity index (χ3n) is 5.50. The summed E-state index contributed by atoms with van der Waals surface area (Å²) in [4.78, 5) is 3.81. The highest BCUT2D eigenvalue weighted by Gasteiger charge is 2.42. The lowest BCUT2D eigenvalue weighted by Gasteiger charge is -2.45. The summed E-state index contributed by atoms with van der Waals surface area (Å²) in [6.07, 6.45) is -7.13. The molecule has 0 aromatic heterocycles. The van der Waals surface area contributed by atoms with Gasteiger partial charge in [-0.2, -0.15) is 13.2 Å². The normalized spacial score (nSPS) is 17.4. The summed E-state index contributed by atoms with van der Waals surface area (Å²) in [5, 5.41) is 10.5. The Morgan fingerprint density at radius 1 is 0.935 bits per heavy atom. The Morgan fingerprint density at radius 2 is 1.61 bits per heavy atom. The van der Waals surface area contributed by atoms with Gasteiger partial charge in [-0.1, -0.05) is 66.2 Å². The molecular formula is C24H22ClF3N2O. The largest absolute Gasteiger partial charge is 0.416 e. The first-order valence-corrected chi connectivity index (χ1v) is 10.4. The number of rotatable bonds is 5. The van der Waals surface area contributed by atoms with Crippen LogP contribution in [0.4, 0.5) is 24.5 Å². The summed E-state index contributed by atoms with van der Waals surface area (Å²) in [5.74, 6) is 0. The molecule has 0 amide bonds. The Hall–Kier alpha value is -2.70. The summed E-state index contributed by atoms with van der Waals surface area (Å²) in [6, 6.07) is 24.0. The summed E-state index contributed by atoms with van der Waals surface area (Å²) >= 11 is 6.15. The molecule has 0 aliphatic carbocycles. The summed E-state index contributed by atoms with van der Waals surface area (Å²) in [7, 11) is 0. The number of alkyl halides is 3. The van der Waals surface area contributed by atoms with E-state index in [1.807, 2.05) is 66.7 Å². The van der Waals surface area contributed by atoms with E-state index in [4.69, 9.17) is 11.6 Å². The topological polar surface area (TPSA) is 26.7 Å². The van der Waals surface area contributed by atoms with E-state index in [1.165, 1.54) is 0 Å². The quantitative estimate of drug-likeness (QED) is 0.534. The van der Waals surface area contributed by atoms with E-state index in [-0.39, 0.29) is 6.04 Å². The van der Waals surface area contributed by atoms with Crippen LogP contribution in [0.15, 0.2) is 78.9 Å². The van der Waals surface area contributed by atoms with Gasteiger partial charge in [-0.15, -0.1) is 0 Å². The number of anilines is 2. The van der Waals surface area contributed by atoms with Crippen LogP contribution in [-0.2, 0) is 6.54 Å². The fraction of sp³-hybridized carbons (Fsp3) is 0.250. The first-order chi connectivity index (χ1) is 14.8. The number of aliphatic hydroxyl groups excluding tert-OH is 1. The van der Waals surface area contributed by atoms with Crippen molar-refractivity contribution in [2.75, 3.05) is 22.9 Å². The highest BCUT2D eigenvalue weighted by atomic mass is 35.5.